The SMILES string of the molecule is N#CCCCON=C1CCN(c2ncc(-c3cccc(CN=C(N)NC(=O)O)c3F)cn2)CC1. The monoisotopic (exact) mass is 468 g/mol. The van der Waals surface area contributed by atoms with Gasteiger partial charge in [-0.15, -0.1) is 0 Å². The summed E-state index contributed by atoms with van der Waals surface area (Å²) in [5, 5.41) is 23.2. The van der Waals surface area contributed by atoms with E-state index in [-0.39, 0.29) is 18.1 Å². The lowest BCUT2D eigenvalue weighted by molar-refractivity contribution is 0.141. The Labute approximate surface area is 195 Å². The molecule has 0 atom stereocenters. The maximum atomic E-state index is 15.0. The standard InChI is InChI=1S/C22H25FN8O3/c23-19-15(12-26-20(25)29-22(32)33)4-3-5-18(19)16-13-27-21(28-14-16)31-9-6-17(7-10-31)30-34-11-2-1-8-24/h3-5,13-14H,1-2,6-7,9-12H2,(H,32,33)(H3,25,26,29). The van der Waals surface area contributed by atoms with Gasteiger partial charge in [0.15, 0.2) is 5.96 Å². The van der Waals surface area contributed by atoms with Crippen LogP contribution in [0.25, 0.3) is 11.1 Å². The number of oxime groups is 1. The van der Waals surface area contributed by atoms with Crippen LogP contribution >= 0.6 is 0 Å². The molecule has 1 fully saturated rings. The van der Waals surface area contributed by atoms with Crippen molar-refractivity contribution in [2.45, 2.75) is 32.2 Å². The molecule has 34 heavy (non-hydrogen) atoms. The summed E-state index contributed by atoms with van der Waals surface area (Å²) < 4.78 is 15.0. The van der Waals surface area contributed by atoms with Gasteiger partial charge < -0.3 is 20.6 Å². The van der Waals surface area contributed by atoms with E-state index in [0.29, 0.717) is 49.6 Å². The van der Waals surface area contributed by atoms with Crippen molar-refractivity contribution in [2.75, 3.05) is 24.6 Å². The topological polar surface area (TPSA) is 162 Å². The van der Waals surface area contributed by atoms with Crippen molar-refractivity contribution < 1.29 is 19.1 Å². The molecular weight excluding hydrogens is 443 g/mol. The highest BCUT2D eigenvalue weighted by Gasteiger charge is 2.18. The summed E-state index contributed by atoms with van der Waals surface area (Å²) in [7, 11) is 0. The molecule has 2 aromatic rings. The Kier molecular flexibility index (Phi) is 8.67. The van der Waals surface area contributed by atoms with Crippen LogP contribution in [0.15, 0.2) is 40.7 Å². The minimum Gasteiger partial charge on any atom is -0.465 e. The second-order valence-electron chi connectivity index (χ2n) is 7.42. The molecule has 1 aromatic carbocycles. The minimum absolute atomic E-state index is 0.121. The third-order valence-electron chi connectivity index (χ3n) is 5.02. The number of nitrogens with zero attached hydrogens (tertiary/aromatic N) is 6. The van der Waals surface area contributed by atoms with Gasteiger partial charge in [0, 0.05) is 61.4 Å². The second-order valence-corrected chi connectivity index (χ2v) is 7.42. The van der Waals surface area contributed by atoms with Crippen LogP contribution in [-0.4, -0.2) is 52.5 Å². The van der Waals surface area contributed by atoms with Crippen LogP contribution in [0, 0.1) is 17.1 Å². The number of benzene rings is 1. The number of anilines is 1. The van der Waals surface area contributed by atoms with Crippen molar-refractivity contribution in [3.05, 3.63) is 42.0 Å². The van der Waals surface area contributed by atoms with Gasteiger partial charge in [-0.05, 0) is 6.42 Å². The Morgan fingerprint density at radius 1 is 1.32 bits per heavy atom. The smallest absolute Gasteiger partial charge is 0.411 e. The molecule has 12 heteroatoms. The lowest BCUT2D eigenvalue weighted by Gasteiger charge is -2.27. The Morgan fingerprint density at radius 3 is 2.74 bits per heavy atom. The molecule has 3 rings (SSSR count). The molecule has 2 heterocycles. The summed E-state index contributed by atoms with van der Waals surface area (Å²) in [4.78, 5) is 30.5. The van der Waals surface area contributed by atoms with Crippen molar-refractivity contribution in [2.24, 2.45) is 15.9 Å². The Morgan fingerprint density at radius 2 is 2.06 bits per heavy atom. The molecule has 0 unspecified atom stereocenters. The number of piperidine rings is 1. The van der Waals surface area contributed by atoms with Crippen LogP contribution in [0.4, 0.5) is 15.1 Å². The lowest BCUT2D eigenvalue weighted by Crippen LogP contribution is -2.35. The number of hydrogen-bond acceptors (Lipinski definition) is 8. The van der Waals surface area contributed by atoms with Crippen LogP contribution in [0.3, 0.4) is 0 Å². The summed E-state index contributed by atoms with van der Waals surface area (Å²) >= 11 is 0. The predicted molar refractivity (Wildman–Crippen MR) is 124 cm³/mol. The first-order chi connectivity index (χ1) is 16.5. The fourth-order valence-corrected chi connectivity index (χ4v) is 3.28. The molecule has 4 N–H and O–H groups in total. The first-order valence-electron chi connectivity index (χ1n) is 10.7. The van der Waals surface area contributed by atoms with E-state index in [4.69, 9.17) is 20.9 Å². The Hall–Kier alpha value is -4.27. The van der Waals surface area contributed by atoms with Crippen LogP contribution < -0.4 is 16.0 Å². The number of rotatable bonds is 8. The molecule has 178 valence electrons. The van der Waals surface area contributed by atoms with Gasteiger partial charge in [-0.2, -0.15) is 5.26 Å². The van der Waals surface area contributed by atoms with Crippen molar-refractivity contribution >= 4 is 23.7 Å². The number of aromatic nitrogens is 2. The van der Waals surface area contributed by atoms with E-state index >= 15 is 0 Å². The average molecular weight is 468 g/mol. The largest absolute Gasteiger partial charge is 0.465 e. The maximum absolute atomic E-state index is 15.0. The number of guanidine groups is 1. The zero-order valence-electron chi connectivity index (χ0n) is 18.4. The number of carboxylic acid groups (broad SMARTS) is 1. The van der Waals surface area contributed by atoms with Gasteiger partial charge in [0.1, 0.15) is 12.4 Å². The molecule has 0 radical (unpaired) electrons. The Balaban J connectivity index is 1.60. The second kappa shape index (κ2) is 12.1. The first-order valence-corrected chi connectivity index (χ1v) is 10.7. The normalized spacial score (nSPS) is 13.8. The van der Waals surface area contributed by atoms with Crippen molar-refractivity contribution in [1.29, 1.82) is 5.26 Å². The van der Waals surface area contributed by atoms with E-state index in [1.165, 1.54) is 0 Å². The molecule has 0 saturated carbocycles. The van der Waals surface area contributed by atoms with Gasteiger partial charge in [0.05, 0.1) is 18.3 Å². The zero-order chi connectivity index (χ0) is 24.3. The number of nitriles is 1. The lowest BCUT2D eigenvalue weighted by atomic mass is 10.0. The van der Waals surface area contributed by atoms with Crippen LogP contribution in [0.2, 0.25) is 0 Å². The number of carbonyl (C=O) groups is 1. The van der Waals surface area contributed by atoms with E-state index < -0.39 is 11.9 Å². The van der Waals surface area contributed by atoms with E-state index in [1.54, 1.807) is 30.6 Å². The highest BCUT2D eigenvalue weighted by molar-refractivity contribution is 5.92. The number of nitrogens with one attached hydrogen (secondary N) is 1. The van der Waals surface area contributed by atoms with E-state index in [0.717, 1.165) is 18.6 Å². The molecule has 0 bridgehead atoms. The fraction of sp³-hybridized carbons (Fsp3) is 0.364. The van der Waals surface area contributed by atoms with Gasteiger partial charge in [-0.25, -0.2) is 24.1 Å². The third kappa shape index (κ3) is 6.86. The summed E-state index contributed by atoms with van der Waals surface area (Å²) in [6.45, 7) is 1.69. The molecule has 1 saturated heterocycles. The van der Waals surface area contributed by atoms with E-state index in [9.17, 15) is 9.18 Å². The molecule has 0 aliphatic carbocycles. The highest BCUT2D eigenvalue weighted by atomic mass is 19.1. The number of aliphatic imine (C=N–C) groups is 1. The average Bonchev–Trinajstić information content (AvgIpc) is 2.83. The quantitative estimate of drug-likeness (QED) is 0.230. The molecule has 1 aliphatic heterocycles. The van der Waals surface area contributed by atoms with E-state index in [1.807, 2.05) is 10.2 Å². The minimum atomic E-state index is -1.34. The Bertz CT molecular complexity index is 1090. The number of hydrogen-bond donors (Lipinski definition) is 3. The van der Waals surface area contributed by atoms with Crippen LogP contribution in [0.5, 0.6) is 0 Å². The molecular formula is C22H25FN8O3. The summed E-state index contributed by atoms with van der Waals surface area (Å²) in [5.41, 5.74) is 7.49. The summed E-state index contributed by atoms with van der Waals surface area (Å²) in [6, 6.07) is 6.90. The maximum Gasteiger partial charge on any atom is 0.411 e. The number of nitrogens with two attached hydrogens (primary N) is 1. The van der Waals surface area contributed by atoms with Gasteiger partial charge in [-0.1, -0.05) is 23.4 Å². The summed E-state index contributed by atoms with van der Waals surface area (Å²) in [6.07, 6.45) is 4.34. The van der Waals surface area contributed by atoms with E-state index in [2.05, 4.69) is 26.2 Å². The first kappa shape index (κ1) is 24.4. The van der Waals surface area contributed by atoms with Gasteiger partial charge in [-0.3, -0.25) is 5.32 Å². The van der Waals surface area contributed by atoms with Gasteiger partial charge >= 0.3 is 6.09 Å². The van der Waals surface area contributed by atoms with Crippen molar-refractivity contribution in [3.8, 4) is 17.2 Å². The predicted octanol–water partition coefficient (Wildman–Crippen LogP) is 2.64. The van der Waals surface area contributed by atoms with Gasteiger partial charge in [0.2, 0.25) is 5.95 Å². The van der Waals surface area contributed by atoms with Crippen LogP contribution in [0.1, 0.15) is 31.2 Å². The molecule has 11 nitrogen and oxygen atoms in total. The molecule has 1 aliphatic rings. The van der Waals surface area contributed by atoms with Gasteiger partial charge in [0.25, 0.3) is 0 Å². The fourth-order valence-electron chi connectivity index (χ4n) is 3.28. The number of halogens is 1. The third-order valence-corrected chi connectivity index (χ3v) is 5.02. The zero-order valence-corrected chi connectivity index (χ0v) is 18.4. The summed E-state index contributed by atoms with van der Waals surface area (Å²) in [5.74, 6) is -0.268. The molecule has 1 aromatic heterocycles. The van der Waals surface area contributed by atoms with Crippen molar-refractivity contribution in [1.82, 2.24) is 15.3 Å². The number of unbranched alkanes of at least 4 members (excludes halogenated alkanes) is 1. The highest BCUT2D eigenvalue weighted by Crippen LogP contribution is 2.25. The number of amides is 1. The van der Waals surface area contributed by atoms with Crippen molar-refractivity contribution in [3.63, 3.8) is 0 Å². The molecule has 1 amide bonds. The molecule has 0 spiro atoms. The van der Waals surface area contributed by atoms with Crippen LogP contribution in [-0.2, 0) is 11.4 Å².